The van der Waals surface area contributed by atoms with Crippen molar-refractivity contribution in [3.8, 4) is 0 Å². The number of rotatable bonds is 6. The number of hydrogen-bond acceptors (Lipinski definition) is 4. The summed E-state index contributed by atoms with van der Waals surface area (Å²) in [5.41, 5.74) is 0.590. The molecular formula is C21H28O4Si. The van der Waals surface area contributed by atoms with Gasteiger partial charge in [-0.05, 0) is 26.7 Å². The zero-order valence-electron chi connectivity index (χ0n) is 16.0. The third-order valence-corrected chi connectivity index (χ3v) is 9.20. The SMILES string of the molecule is C=C(C)C(=O)O[Si](OC(=O)C(=C)C)(c1ccccc1)C1(C)CCCCC1. The summed E-state index contributed by atoms with van der Waals surface area (Å²) in [6.45, 7) is 12.7. The van der Waals surface area contributed by atoms with Crippen LogP contribution in [0.5, 0.6) is 0 Å². The van der Waals surface area contributed by atoms with Gasteiger partial charge in [-0.1, -0.05) is 69.7 Å². The van der Waals surface area contributed by atoms with E-state index in [1.165, 1.54) is 0 Å². The lowest BCUT2D eigenvalue weighted by Crippen LogP contribution is -2.64. The molecule has 1 fully saturated rings. The molecule has 0 heterocycles. The fraction of sp³-hybridized carbons (Fsp3) is 0.429. The Morgan fingerprint density at radius 1 is 0.923 bits per heavy atom. The lowest BCUT2D eigenvalue weighted by Gasteiger charge is -2.45. The van der Waals surface area contributed by atoms with E-state index in [-0.39, 0.29) is 0 Å². The first-order valence-electron chi connectivity index (χ1n) is 9.05. The molecule has 1 aromatic rings. The normalized spacial score (nSPS) is 16.4. The van der Waals surface area contributed by atoms with E-state index in [4.69, 9.17) is 8.85 Å². The summed E-state index contributed by atoms with van der Waals surface area (Å²) in [6, 6.07) is 9.44. The summed E-state index contributed by atoms with van der Waals surface area (Å²) >= 11 is 0. The van der Waals surface area contributed by atoms with Gasteiger partial charge in [-0.25, -0.2) is 9.59 Å². The summed E-state index contributed by atoms with van der Waals surface area (Å²) in [5, 5.41) is 0.386. The van der Waals surface area contributed by atoms with Crippen molar-refractivity contribution < 1.29 is 18.4 Å². The van der Waals surface area contributed by atoms with Crippen LogP contribution in [-0.4, -0.2) is 20.5 Å². The summed E-state index contributed by atoms with van der Waals surface area (Å²) in [6.07, 6.45) is 4.88. The van der Waals surface area contributed by atoms with Gasteiger partial charge < -0.3 is 8.85 Å². The van der Waals surface area contributed by atoms with Crippen molar-refractivity contribution in [1.82, 2.24) is 0 Å². The molecule has 0 amide bonds. The third-order valence-electron chi connectivity index (χ3n) is 5.08. The van der Waals surface area contributed by atoms with Crippen molar-refractivity contribution >= 4 is 25.7 Å². The fourth-order valence-electron chi connectivity index (χ4n) is 3.49. The molecule has 4 nitrogen and oxygen atoms in total. The summed E-state index contributed by atoms with van der Waals surface area (Å²) in [5.74, 6) is -1.02. The minimum atomic E-state index is -3.47. The average Bonchev–Trinajstić information content (AvgIpc) is 2.61. The molecule has 1 saturated carbocycles. The van der Waals surface area contributed by atoms with E-state index in [2.05, 4.69) is 20.1 Å². The van der Waals surface area contributed by atoms with Gasteiger partial charge in [0.05, 0.1) is 0 Å². The van der Waals surface area contributed by atoms with Crippen LogP contribution >= 0.6 is 0 Å². The van der Waals surface area contributed by atoms with Crippen LogP contribution in [-0.2, 0) is 18.4 Å². The van der Waals surface area contributed by atoms with Crippen LogP contribution in [0.25, 0.3) is 0 Å². The monoisotopic (exact) mass is 372 g/mol. The highest BCUT2D eigenvalue weighted by atomic mass is 28.4. The molecule has 0 saturated heterocycles. The molecule has 2 rings (SSSR count). The Bertz CT molecular complexity index is 674. The maximum atomic E-state index is 12.6. The highest BCUT2D eigenvalue weighted by Crippen LogP contribution is 2.51. The molecule has 1 aliphatic rings. The molecule has 0 bridgehead atoms. The Kier molecular flexibility index (Phi) is 6.24. The molecule has 1 aliphatic carbocycles. The Morgan fingerprint density at radius 3 is 1.81 bits per heavy atom. The van der Waals surface area contributed by atoms with Gasteiger partial charge in [-0.3, -0.25) is 0 Å². The minimum Gasteiger partial charge on any atom is -0.478 e. The van der Waals surface area contributed by atoms with Gasteiger partial charge >= 0.3 is 20.5 Å². The quantitative estimate of drug-likeness (QED) is 0.552. The second-order valence-corrected chi connectivity index (χ2v) is 10.9. The predicted octanol–water partition coefficient (Wildman–Crippen LogP) is 4.30. The molecule has 1 aromatic carbocycles. The van der Waals surface area contributed by atoms with Crippen molar-refractivity contribution in [3.05, 3.63) is 54.6 Å². The Labute approximate surface area is 157 Å². The van der Waals surface area contributed by atoms with Crippen molar-refractivity contribution in [3.63, 3.8) is 0 Å². The van der Waals surface area contributed by atoms with Crippen molar-refractivity contribution in [2.45, 2.75) is 57.9 Å². The van der Waals surface area contributed by atoms with Gasteiger partial charge in [0.25, 0.3) is 0 Å². The molecule has 0 atom stereocenters. The van der Waals surface area contributed by atoms with Crippen molar-refractivity contribution in [2.75, 3.05) is 0 Å². The van der Waals surface area contributed by atoms with Crippen LogP contribution in [0.3, 0.4) is 0 Å². The van der Waals surface area contributed by atoms with Gasteiger partial charge in [0.2, 0.25) is 0 Å². The first-order chi connectivity index (χ1) is 12.2. The maximum absolute atomic E-state index is 12.6. The molecule has 0 spiro atoms. The topological polar surface area (TPSA) is 52.6 Å². The Morgan fingerprint density at radius 2 is 1.38 bits per heavy atom. The molecule has 0 radical (unpaired) electrons. The zero-order chi connectivity index (χ0) is 19.4. The fourth-order valence-corrected chi connectivity index (χ4v) is 7.47. The van der Waals surface area contributed by atoms with E-state index in [9.17, 15) is 9.59 Å². The second-order valence-electron chi connectivity index (χ2n) is 7.44. The van der Waals surface area contributed by atoms with Crippen LogP contribution in [0, 0.1) is 0 Å². The second kappa shape index (κ2) is 8.04. The van der Waals surface area contributed by atoms with E-state index < -0.39 is 25.5 Å². The Hall–Kier alpha value is -2.14. The van der Waals surface area contributed by atoms with Crippen LogP contribution < -0.4 is 5.19 Å². The average molecular weight is 373 g/mol. The minimum absolute atomic E-state index is 0.295. The molecule has 0 aliphatic heterocycles. The smallest absolute Gasteiger partial charge is 0.478 e. The number of carbonyl (C=O) groups is 2. The summed E-state index contributed by atoms with van der Waals surface area (Å²) < 4.78 is 12.1. The van der Waals surface area contributed by atoms with E-state index >= 15 is 0 Å². The van der Waals surface area contributed by atoms with E-state index in [0.29, 0.717) is 11.1 Å². The Balaban J connectivity index is 2.64. The molecule has 26 heavy (non-hydrogen) atoms. The van der Waals surface area contributed by atoms with Crippen LogP contribution in [0.15, 0.2) is 54.6 Å². The number of carbonyl (C=O) groups excluding carboxylic acids is 2. The predicted molar refractivity (Wildman–Crippen MR) is 105 cm³/mol. The van der Waals surface area contributed by atoms with Gasteiger partial charge in [0, 0.05) is 21.4 Å². The molecular weight excluding hydrogens is 344 g/mol. The van der Waals surface area contributed by atoms with Crippen LogP contribution in [0.2, 0.25) is 5.04 Å². The van der Waals surface area contributed by atoms with Crippen LogP contribution in [0.4, 0.5) is 0 Å². The van der Waals surface area contributed by atoms with Crippen LogP contribution in [0.1, 0.15) is 52.9 Å². The number of benzene rings is 1. The number of hydrogen-bond donors (Lipinski definition) is 0. The molecule has 0 aromatic heterocycles. The van der Waals surface area contributed by atoms with Gasteiger partial charge in [0.15, 0.2) is 0 Å². The van der Waals surface area contributed by atoms with E-state index in [0.717, 1.165) is 37.3 Å². The zero-order valence-corrected chi connectivity index (χ0v) is 17.0. The first-order valence-corrected chi connectivity index (χ1v) is 10.9. The molecule has 5 heteroatoms. The first kappa shape index (κ1) is 20.2. The van der Waals surface area contributed by atoms with E-state index in [1.54, 1.807) is 13.8 Å². The molecule has 140 valence electrons. The van der Waals surface area contributed by atoms with E-state index in [1.807, 2.05) is 30.3 Å². The third kappa shape index (κ3) is 3.98. The lowest BCUT2D eigenvalue weighted by atomic mass is 9.90. The van der Waals surface area contributed by atoms with Crippen molar-refractivity contribution in [2.24, 2.45) is 0 Å². The van der Waals surface area contributed by atoms with Gasteiger partial charge in [-0.15, -0.1) is 0 Å². The van der Waals surface area contributed by atoms with Gasteiger partial charge in [0.1, 0.15) is 0 Å². The standard InChI is InChI=1S/C21H28O4Si/c1-16(2)19(22)24-26(25-20(23)17(3)4,18-12-8-6-9-13-18)21(5)14-10-7-11-15-21/h6,8-9,12-13H,1,3,7,10-11,14-15H2,2,4-5H3. The lowest BCUT2D eigenvalue weighted by molar-refractivity contribution is -0.137. The summed E-state index contributed by atoms with van der Waals surface area (Å²) in [4.78, 5) is 25.1. The largest absolute Gasteiger partial charge is 0.506 e. The highest BCUT2D eigenvalue weighted by molar-refractivity contribution is 6.86. The van der Waals surface area contributed by atoms with Gasteiger partial charge in [-0.2, -0.15) is 0 Å². The molecule has 0 unspecified atom stereocenters. The molecule has 0 N–H and O–H groups in total. The maximum Gasteiger partial charge on any atom is 0.506 e. The summed E-state index contributed by atoms with van der Waals surface area (Å²) in [7, 11) is -3.47. The highest BCUT2D eigenvalue weighted by Gasteiger charge is 2.62. The van der Waals surface area contributed by atoms with Crippen molar-refractivity contribution in [1.29, 1.82) is 0 Å².